The topological polar surface area (TPSA) is 94.1 Å². The van der Waals surface area contributed by atoms with E-state index in [1.807, 2.05) is 21.1 Å². The van der Waals surface area contributed by atoms with Crippen LogP contribution in [0, 0.1) is 0 Å². The van der Waals surface area contributed by atoms with Crippen LogP contribution in [-0.2, 0) is 27.9 Å². The molecule has 61 heavy (non-hydrogen) atoms. The van der Waals surface area contributed by atoms with Gasteiger partial charge in [0.2, 0.25) is 0 Å². The van der Waals surface area contributed by atoms with E-state index in [0.29, 0.717) is 24.1 Å². The Morgan fingerprint density at radius 2 is 0.754 bits per heavy atom. The third-order valence-corrected chi connectivity index (χ3v) is 13.1. The van der Waals surface area contributed by atoms with Crippen molar-refractivity contribution in [2.75, 3.05) is 54.1 Å². The zero-order chi connectivity index (χ0) is 44.8. The summed E-state index contributed by atoms with van der Waals surface area (Å²) in [5, 5.41) is 0. The molecule has 0 aliphatic rings. The van der Waals surface area contributed by atoms with Gasteiger partial charge in [-0.15, -0.1) is 0 Å². The molecule has 9 heteroatoms. The molecule has 0 N–H and O–H groups in total. The smallest absolute Gasteiger partial charge is 0.306 e. The van der Waals surface area contributed by atoms with E-state index < -0.39 is 13.9 Å². The number of phosphoric acid groups is 1. The maximum Gasteiger partial charge on any atom is 0.306 e. The van der Waals surface area contributed by atoms with Gasteiger partial charge in [0.05, 0.1) is 34.4 Å². The molecule has 0 aromatic heterocycles. The fourth-order valence-corrected chi connectivity index (χ4v) is 8.75. The lowest BCUT2D eigenvalue weighted by Gasteiger charge is -2.28. The van der Waals surface area contributed by atoms with Crippen molar-refractivity contribution in [3.63, 3.8) is 0 Å². The van der Waals surface area contributed by atoms with E-state index in [1.54, 1.807) is 0 Å². The molecule has 366 valence electrons. The van der Waals surface area contributed by atoms with Crippen molar-refractivity contribution in [3.05, 3.63) is 0 Å². The zero-order valence-electron chi connectivity index (χ0n) is 41.6. The van der Waals surface area contributed by atoms with E-state index in [4.69, 9.17) is 18.5 Å². The Morgan fingerprint density at radius 3 is 1.08 bits per heavy atom. The molecule has 0 saturated heterocycles. The number of hydrogen-bond donors (Lipinski definition) is 0. The molecule has 2 atom stereocenters. The minimum Gasteiger partial charge on any atom is -0.756 e. The lowest BCUT2D eigenvalue weighted by molar-refractivity contribution is -0.870. The van der Waals surface area contributed by atoms with Gasteiger partial charge in [0.15, 0.2) is 0 Å². The van der Waals surface area contributed by atoms with Gasteiger partial charge < -0.3 is 27.9 Å². The average Bonchev–Trinajstić information content (AvgIpc) is 3.22. The van der Waals surface area contributed by atoms with Crippen molar-refractivity contribution < 1.29 is 37.3 Å². The Morgan fingerprint density at radius 1 is 0.443 bits per heavy atom. The first-order valence-electron chi connectivity index (χ1n) is 26.8. The van der Waals surface area contributed by atoms with Crippen LogP contribution in [0.15, 0.2) is 0 Å². The van der Waals surface area contributed by atoms with Crippen molar-refractivity contribution in [2.24, 2.45) is 0 Å². The van der Waals surface area contributed by atoms with E-state index >= 15 is 0 Å². The molecule has 0 fully saturated rings. The lowest BCUT2D eigenvalue weighted by Crippen LogP contribution is -2.37. The third-order valence-electron chi connectivity index (χ3n) is 12.2. The van der Waals surface area contributed by atoms with Crippen molar-refractivity contribution >= 4 is 13.8 Å². The standard InChI is InChI=1S/C52H106NO7P/c1-6-8-10-12-14-16-18-20-22-24-25-26-27-28-29-31-33-35-37-39-41-43-45-52(54)60-51(50-59-61(55,56)58-48-46-53(3,4)5)49-57-47-44-42-40-38-36-34-32-30-23-21-19-17-15-13-11-9-7-2/h51H,6-50H2,1-5H3. The summed E-state index contributed by atoms with van der Waals surface area (Å²) in [4.78, 5) is 25.2. The van der Waals surface area contributed by atoms with Crippen LogP contribution in [0.1, 0.15) is 271 Å². The van der Waals surface area contributed by atoms with Gasteiger partial charge >= 0.3 is 5.97 Å². The van der Waals surface area contributed by atoms with Gasteiger partial charge in [0.25, 0.3) is 7.82 Å². The molecule has 0 rings (SSSR count). The Kier molecular flexibility index (Phi) is 45.7. The predicted molar refractivity (Wildman–Crippen MR) is 259 cm³/mol. The molecule has 0 heterocycles. The number of quaternary nitrogens is 1. The van der Waals surface area contributed by atoms with Gasteiger partial charge in [0.1, 0.15) is 19.3 Å². The Balaban J connectivity index is 4.05. The number of ether oxygens (including phenoxy) is 2. The highest BCUT2D eigenvalue weighted by molar-refractivity contribution is 7.45. The number of carbonyl (C=O) groups is 1. The summed E-state index contributed by atoms with van der Waals surface area (Å²) in [5.74, 6) is -0.324. The van der Waals surface area contributed by atoms with Crippen molar-refractivity contribution in [3.8, 4) is 0 Å². The highest BCUT2D eigenvalue weighted by atomic mass is 31.2. The van der Waals surface area contributed by atoms with Crippen LogP contribution in [0.25, 0.3) is 0 Å². The zero-order valence-corrected chi connectivity index (χ0v) is 42.5. The number of nitrogens with zero attached hydrogens (tertiary/aromatic N) is 1. The van der Waals surface area contributed by atoms with Crippen molar-refractivity contribution in [1.29, 1.82) is 0 Å². The maximum absolute atomic E-state index is 12.8. The molecule has 2 unspecified atom stereocenters. The second-order valence-corrected chi connectivity index (χ2v) is 21.0. The number of phosphoric ester groups is 1. The van der Waals surface area contributed by atoms with Gasteiger partial charge in [-0.25, -0.2) is 0 Å². The molecular formula is C52H106NO7P. The number of rotatable bonds is 51. The van der Waals surface area contributed by atoms with E-state index in [2.05, 4.69) is 13.8 Å². The van der Waals surface area contributed by atoms with Crippen LogP contribution in [0.4, 0.5) is 0 Å². The number of likely N-dealkylation sites (N-methyl/N-ethyl adjacent to an activating group) is 1. The second kappa shape index (κ2) is 46.0. The van der Waals surface area contributed by atoms with Crippen molar-refractivity contribution in [2.45, 2.75) is 277 Å². The molecule has 0 amide bonds. The number of carbonyl (C=O) groups excluding carboxylic acids is 1. The Labute approximate surface area is 380 Å². The Hall–Kier alpha value is -0.500. The molecule has 0 aromatic rings. The molecule has 0 radical (unpaired) electrons. The van der Waals surface area contributed by atoms with Crippen LogP contribution in [0.3, 0.4) is 0 Å². The van der Waals surface area contributed by atoms with Gasteiger partial charge in [0, 0.05) is 13.0 Å². The van der Waals surface area contributed by atoms with Crippen LogP contribution < -0.4 is 4.89 Å². The first-order chi connectivity index (χ1) is 29.6. The molecule has 0 aromatic carbocycles. The first-order valence-corrected chi connectivity index (χ1v) is 28.2. The number of esters is 1. The van der Waals surface area contributed by atoms with E-state index in [0.717, 1.165) is 32.1 Å². The van der Waals surface area contributed by atoms with Gasteiger partial charge in [-0.05, 0) is 12.8 Å². The normalized spacial score (nSPS) is 13.5. The Bertz CT molecular complexity index is 945. The average molecular weight is 888 g/mol. The maximum atomic E-state index is 12.8. The molecule has 0 saturated carbocycles. The molecule has 0 aliphatic heterocycles. The quantitative estimate of drug-likeness (QED) is 0.0260. The predicted octanol–water partition coefficient (Wildman–Crippen LogP) is 15.8. The summed E-state index contributed by atoms with van der Waals surface area (Å²) in [6, 6.07) is 0. The van der Waals surface area contributed by atoms with E-state index in [1.165, 1.54) is 218 Å². The number of hydrogen-bond acceptors (Lipinski definition) is 7. The van der Waals surface area contributed by atoms with Crippen LogP contribution in [0.5, 0.6) is 0 Å². The highest BCUT2D eigenvalue weighted by Crippen LogP contribution is 2.38. The number of unbranched alkanes of at least 4 members (excludes halogenated alkanes) is 37. The summed E-state index contributed by atoms with van der Waals surface area (Å²) >= 11 is 0. The summed E-state index contributed by atoms with van der Waals surface area (Å²) in [6.07, 6.45) is 51.3. The summed E-state index contributed by atoms with van der Waals surface area (Å²) in [7, 11) is 1.38. The summed E-state index contributed by atoms with van der Waals surface area (Å²) in [6.45, 7) is 5.50. The van der Waals surface area contributed by atoms with E-state index in [9.17, 15) is 14.3 Å². The SMILES string of the molecule is CCCCCCCCCCCCCCCCCCCCCCCCC(=O)OC(COCCCCCCCCCCCCCCCCCCC)COP(=O)([O-])OCC[N+](C)(C)C. The van der Waals surface area contributed by atoms with Gasteiger partial charge in [-0.1, -0.05) is 251 Å². The molecule has 8 nitrogen and oxygen atoms in total. The minimum atomic E-state index is -4.52. The minimum absolute atomic E-state index is 0.0318. The fraction of sp³-hybridized carbons (Fsp3) is 0.981. The van der Waals surface area contributed by atoms with Crippen LogP contribution in [-0.4, -0.2) is 70.7 Å². The molecular weight excluding hydrogens is 782 g/mol. The van der Waals surface area contributed by atoms with Crippen LogP contribution >= 0.6 is 7.82 Å². The molecule has 0 bridgehead atoms. The first kappa shape index (κ1) is 60.5. The molecule has 0 aliphatic carbocycles. The lowest BCUT2D eigenvalue weighted by atomic mass is 10.0. The van der Waals surface area contributed by atoms with Gasteiger partial charge in [-0.2, -0.15) is 0 Å². The summed E-state index contributed by atoms with van der Waals surface area (Å²) < 4.78 is 34.8. The van der Waals surface area contributed by atoms with Gasteiger partial charge in [-0.3, -0.25) is 9.36 Å². The van der Waals surface area contributed by atoms with Crippen LogP contribution in [0.2, 0.25) is 0 Å². The molecule has 0 spiro atoms. The largest absolute Gasteiger partial charge is 0.756 e. The summed E-state index contributed by atoms with van der Waals surface area (Å²) in [5.41, 5.74) is 0. The van der Waals surface area contributed by atoms with E-state index in [-0.39, 0.29) is 25.8 Å². The highest BCUT2D eigenvalue weighted by Gasteiger charge is 2.20. The third kappa shape index (κ3) is 50.4. The van der Waals surface area contributed by atoms with Crippen molar-refractivity contribution in [1.82, 2.24) is 0 Å². The fourth-order valence-electron chi connectivity index (χ4n) is 8.02. The monoisotopic (exact) mass is 888 g/mol. The second-order valence-electron chi connectivity index (χ2n) is 19.6.